The van der Waals surface area contributed by atoms with Gasteiger partial charge < -0.3 is 10.4 Å². The number of rotatable bonds is 3. The summed E-state index contributed by atoms with van der Waals surface area (Å²) >= 11 is 0. The summed E-state index contributed by atoms with van der Waals surface area (Å²) in [6, 6.07) is 0.189. The molecular weight excluding hydrogens is 242 g/mol. The Balaban J connectivity index is 1.66. The summed E-state index contributed by atoms with van der Waals surface area (Å²) in [5.41, 5.74) is 2.42. The summed E-state index contributed by atoms with van der Waals surface area (Å²) < 4.78 is 0. The van der Waals surface area contributed by atoms with Crippen molar-refractivity contribution in [2.45, 2.75) is 51.0 Å². The quantitative estimate of drug-likeness (QED) is 0.870. The highest BCUT2D eigenvalue weighted by atomic mass is 16.4. The highest BCUT2D eigenvalue weighted by Crippen LogP contribution is 2.27. The van der Waals surface area contributed by atoms with Gasteiger partial charge in [-0.3, -0.25) is 4.79 Å². The van der Waals surface area contributed by atoms with Gasteiger partial charge in [0, 0.05) is 17.9 Å². The van der Waals surface area contributed by atoms with Crippen LogP contribution in [-0.4, -0.2) is 27.1 Å². The van der Waals surface area contributed by atoms with Gasteiger partial charge >= 0.3 is 5.97 Å². The van der Waals surface area contributed by atoms with Gasteiger partial charge in [0.2, 0.25) is 5.95 Å². The molecule has 1 heterocycles. The first-order chi connectivity index (χ1) is 9.22. The van der Waals surface area contributed by atoms with Crippen LogP contribution >= 0.6 is 0 Å². The second-order valence-electron chi connectivity index (χ2n) is 5.56. The maximum Gasteiger partial charge on any atom is 0.306 e. The zero-order valence-electron chi connectivity index (χ0n) is 10.9. The summed E-state index contributed by atoms with van der Waals surface area (Å²) in [4.78, 5) is 19.9. The van der Waals surface area contributed by atoms with Crippen molar-refractivity contribution in [1.29, 1.82) is 0 Å². The minimum atomic E-state index is -0.679. The van der Waals surface area contributed by atoms with Gasteiger partial charge in [0.1, 0.15) is 0 Å². The third kappa shape index (κ3) is 2.69. The first-order valence-corrected chi connectivity index (χ1v) is 7.06. The van der Waals surface area contributed by atoms with Gasteiger partial charge in [-0.15, -0.1) is 0 Å². The van der Waals surface area contributed by atoms with E-state index >= 15 is 0 Å². The minimum absolute atomic E-state index is 0.189. The Hall–Kier alpha value is -1.65. The predicted molar refractivity (Wildman–Crippen MR) is 71.1 cm³/mol. The second kappa shape index (κ2) is 5.15. The molecule has 0 radical (unpaired) electrons. The number of carboxylic acid groups (broad SMARTS) is 1. The van der Waals surface area contributed by atoms with Crippen LogP contribution in [0.15, 0.2) is 6.20 Å². The number of nitrogens with one attached hydrogen (secondary N) is 1. The van der Waals surface area contributed by atoms with E-state index < -0.39 is 5.97 Å². The average molecular weight is 261 g/mol. The molecule has 3 rings (SSSR count). The first-order valence-electron chi connectivity index (χ1n) is 7.06. The van der Waals surface area contributed by atoms with Crippen molar-refractivity contribution < 1.29 is 9.90 Å². The molecule has 0 aromatic carbocycles. The molecule has 0 saturated heterocycles. The van der Waals surface area contributed by atoms with Crippen molar-refractivity contribution in [2.75, 3.05) is 5.32 Å². The van der Waals surface area contributed by atoms with Crippen molar-refractivity contribution in [3.05, 3.63) is 17.5 Å². The fourth-order valence-corrected chi connectivity index (χ4v) is 3.11. The summed E-state index contributed by atoms with van der Waals surface area (Å²) in [5, 5.41) is 12.4. The van der Waals surface area contributed by atoms with E-state index in [1.807, 2.05) is 6.20 Å². The van der Waals surface area contributed by atoms with Crippen molar-refractivity contribution >= 4 is 11.9 Å². The second-order valence-corrected chi connectivity index (χ2v) is 5.56. The summed E-state index contributed by atoms with van der Waals surface area (Å²) in [6.45, 7) is 0. The highest BCUT2D eigenvalue weighted by Gasteiger charge is 2.27. The van der Waals surface area contributed by atoms with E-state index in [0.717, 1.165) is 44.2 Å². The lowest BCUT2D eigenvalue weighted by Crippen LogP contribution is -2.31. The number of aliphatic carboxylic acids is 1. The molecule has 2 atom stereocenters. The number of carboxylic acids is 1. The third-order valence-corrected chi connectivity index (χ3v) is 4.17. The van der Waals surface area contributed by atoms with Crippen LogP contribution in [0, 0.1) is 5.92 Å². The molecule has 0 aliphatic heterocycles. The Morgan fingerprint density at radius 1 is 1.32 bits per heavy atom. The molecule has 0 bridgehead atoms. The maximum absolute atomic E-state index is 11.0. The Labute approximate surface area is 112 Å². The van der Waals surface area contributed by atoms with E-state index in [2.05, 4.69) is 15.3 Å². The molecule has 0 spiro atoms. The number of aryl methyl sites for hydroxylation is 2. The van der Waals surface area contributed by atoms with E-state index in [9.17, 15) is 4.79 Å². The molecule has 1 aromatic heterocycles. The number of aromatic nitrogens is 2. The molecular formula is C14H19N3O2. The van der Waals surface area contributed by atoms with Crippen molar-refractivity contribution in [3.8, 4) is 0 Å². The fourth-order valence-electron chi connectivity index (χ4n) is 3.11. The lowest BCUT2D eigenvalue weighted by Gasteiger charge is -2.27. The molecule has 5 heteroatoms. The molecule has 0 unspecified atom stereocenters. The van der Waals surface area contributed by atoms with Gasteiger partial charge in [-0.1, -0.05) is 6.42 Å². The molecule has 0 amide bonds. The lowest BCUT2D eigenvalue weighted by molar-refractivity contribution is -0.142. The van der Waals surface area contributed by atoms with Crippen molar-refractivity contribution in [3.63, 3.8) is 0 Å². The van der Waals surface area contributed by atoms with Crippen LogP contribution in [0.25, 0.3) is 0 Å². The van der Waals surface area contributed by atoms with Gasteiger partial charge in [-0.05, 0) is 44.1 Å². The lowest BCUT2D eigenvalue weighted by atomic mass is 9.86. The van der Waals surface area contributed by atoms with Crippen molar-refractivity contribution in [2.24, 2.45) is 5.92 Å². The molecule has 2 aliphatic carbocycles. The van der Waals surface area contributed by atoms with Gasteiger partial charge in [-0.2, -0.15) is 0 Å². The average Bonchev–Trinajstić information content (AvgIpc) is 2.86. The topological polar surface area (TPSA) is 75.1 Å². The Bertz CT molecular complexity index is 490. The number of fused-ring (bicyclic) bond motifs is 1. The largest absolute Gasteiger partial charge is 0.481 e. The van der Waals surface area contributed by atoms with Crippen LogP contribution in [-0.2, 0) is 17.6 Å². The van der Waals surface area contributed by atoms with E-state index in [0.29, 0.717) is 12.4 Å². The van der Waals surface area contributed by atoms with Gasteiger partial charge in [0.25, 0.3) is 0 Å². The highest BCUT2D eigenvalue weighted by molar-refractivity contribution is 5.70. The van der Waals surface area contributed by atoms with Crippen LogP contribution in [0.1, 0.15) is 43.4 Å². The van der Waals surface area contributed by atoms with Crippen LogP contribution in [0.5, 0.6) is 0 Å². The number of nitrogens with zero attached hydrogens (tertiary/aromatic N) is 2. The Morgan fingerprint density at radius 2 is 2.21 bits per heavy atom. The fraction of sp³-hybridized carbons (Fsp3) is 0.643. The Kier molecular flexibility index (Phi) is 3.36. The summed E-state index contributed by atoms with van der Waals surface area (Å²) in [5.74, 6) is -0.237. The zero-order valence-corrected chi connectivity index (χ0v) is 10.9. The molecule has 2 N–H and O–H groups in total. The molecule has 5 nitrogen and oxygen atoms in total. The number of hydrogen-bond acceptors (Lipinski definition) is 4. The Morgan fingerprint density at radius 3 is 3.05 bits per heavy atom. The molecule has 2 aliphatic rings. The maximum atomic E-state index is 11.0. The van der Waals surface area contributed by atoms with Crippen LogP contribution in [0.2, 0.25) is 0 Å². The number of carbonyl (C=O) groups is 1. The van der Waals surface area contributed by atoms with E-state index in [4.69, 9.17) is 5.11 Å². The number of anilines is 1. The number of hydrogen-bond donors (Lipinski definition) is 2. The van der Waals surface area contributed by atoms with E-state index in [-0.39, 0.29) is 12.0 Å². The summed E-state index contributed by atoms with van der Waals surface area (Å²) in [7, 11) is 0. The first kappa shape index (κ1) is 12.4. The van der Waals surface area contributed by atoms with E-state index in [1.165, 1.54) is 5.56 Å². The van der Waals surface area contributed by atoms with Crippen LogP contribution in [0.4, 0.5) is 5.95 Å². The van der Waals surface area contributed by atoms with Gasteiger partial charge in [0.15, 0.2) is 0 Å². The van der Waals surface area contributed by atoms with E-state index in [1.54, 1.807) is 0 Å². The van der Waals surface area contributed by atoms with Crippen LogP contribution < -0.4 is 5.32 Å². The standard InChI is InChI=1S/C14H19N3O2/c18-13(19)9-3-1-5-11(7-9)16-14-15-8-10-4-2-6-12(10)17-14/h8-9,11H,1-7H2,(H,18,19)(H,15,16,17)/t9-,11+/m1/s1. The SMILES string of the molecule is O=C(O)[C@@H]1CCC[C@H](Nc2ncc3c(n2)CCC3)C1. The normalized spacial score (nSPS) is 25.9. The third-order valence-electron chi connectivity index (χ3n) is 4.17. The molecule has 1 fully saturated rings. The van der Waals surface area contributed by atoms with Crippen LogP contribution in [0.3, 0.4) is 0 Å². The van der Waals surface area contributed by atoms with Gasteiger partial charge in [-0.25, -0.2) is 9.97 Å². The minimum Gasteiger partial charge on any atom is -0.481 e. The molecule has 19 heavy (non-hydrogen) atoms. The molecule has 1 aromatic rings. The smallest absolute Gasteiger partial charge is 0.306 e. The summed E-state index contributed by atoms with van der Waals surface area (Å²) in [6.07, 6.45) is 8.63. The van der Waals surface area contributed by atoms with Crippen molar-refractivity contribution in [1.82, 2.24) is 9.97 Å². The molecule has 102 valence electrons. The van der Waals surface area contributed by atoms with Gasteiger partial charge in [0.05, 0.1) is 5.92 Å². The monoisotopic (exact) mass is 261 g/mol. The predicted octanol–water partition coefficient (Wildman–Crippen LogP) is 2.02. The molecule has 1 saturated carbocycles. The zero-order chi connectivity index (χ0) is 13.2.